The molecule has 0 spiro atoms. The molecule has 1 fully saturated rings. The summed E-state index contributed by atoms with van der Waals surface area (Å²) in [6.07, 6.45) is 0. The van der Waals surface area contributed by atoms with E-state index in [-0.39, 0.29) is 17.3 Å². The zero-order valence-electron chi connectivity index (χ0n) is 14.8. The van der Waals surface area contributed by atoms with Crippen LogP contribution in [0.25, 0.3) is 0 Å². The van der Waals surface area contributed by atoms with Crippen molar-refractivity contribution in [2.75, 3.05) is 36.3 Å². The molecule has 9 heteroatoms. The fraction of sp³-hybridized carbons (Fsp3) is 0.222. The van der Waals surface area contributed by atoms with Crippen molar-refractivity contribution in [3.8, 4) is 0 Å². The Morgan fingerprint density at radius 3 is 2.59 bits per heavy atom. The molecule has 0 atom stereocenters. The Morgan fingerprint density at radius 1 is 1.19 bits per heavy atom. The minimum Gasteiger partial charge on any atom is -0.376 e. The van der Waals surface area contributed by atoms with Gasteiger partial charge in [-0.05, 0) is 30.3 Å². The second kappa shape index (κ2) is 7.67. The molecule has 2 aromatic rings. The third kappa shape index (κ3) is 4.03. The molecule has 0 aromatic heterocycles. The Labute approximate surface area is 157 Å². The normalized spacial score (nSPS) is 14.0. The van der Waals surface area contributed by atoms with E-state index < -0.39 is 16.1 Å². The molecule has 2 N–H and O–H groups in total. The van der Waals surface area contributed by atoms with Gasteiger partial charge in [-0.15, -0.1) is 0 Å². The van der Waals surface area contributed by atoms with Gasteiger partial charge in [0.15, 0.2) is 0 Å². The van der Waals surface area contributed by atoms with Crippen LogP contribution in [0.5, 0.6) is 0 Å². The fourth-order valence-electron chi connectivity index (χ4n) is 2.68. The zero-order valence-corrected chi connectivity index (χ0v) is 15.6. The number of nitrogens with one attached hydrogen (secondary N) is 2. The third-order valence-electron chi connectivity index (χ3n) is 4.21. The van der Waals surface area contributed by atoms with E-state index in [9.17, 15) is 18.0 Å². The fourth-order valence-corrected chi connectivity index (χ4v) is 3.93. The number of para-hydroxylation sites is 1. The number of hydrogen-bond acceptors (Lipinski definition) is 5. The minimum atomic E-state index is -3.74. The first-order valence-corrected chi connectivity index (χ1v) is 9.80. The van der Waals surface area contributed by atoms with Crippen molar-refractivity contribution in [2.45, 2.75) is 4.90 Å². The topological polar surface area (TPSA) is 98.8 Å². The Bertz CT molecular complexity index is 947. The lowest BCUT2D eigenvalue weighted by molar-refractivity contribution is -0.125. The first-order valence-electron chi connectivity index (χ1n) is 8.36. The molecule has 3 amide bonds. The summed E-state index contributed by atoms with van der Waals surface area (Å²) >= 11 is 0. The van der Waals surface area contributed by atoms with Gasteiger partial charge in [0, 0.05) is 25.8 Å². The van der Waals surface area contributed by atoms with Gasteiger partial charge in [-0.2, -0.15) is 0 Å². The number of rotatable bonds is 6. The number of imide groups is 1. The third-order valence-corrected chi connectivity index (χ3v) is 6.00. The van der Waals surface area contributed by atoms with Crippen LogP contribution in [0.4, 0.5) is 16.2 Å². The summed E-state index contributed by atoms with van der Waals surface area (Å²) in [6.45, 7) is 0.658. The number of hydrogen-bond donors (Lipinski definition) is 2. The molecule has 1 aliphatic rings. The molecule has 0 aliphatic carbocycles. The van der Waals surface area contributed by atoms with Crippen molar-refractivity contribution in [3.05, 3.63) is 54.6 Å². The van der Waals surface area contributed by atoms with Crippen molar-refractivity contribution in [2.24, 2.45) is 0 Å². The monoisotopic (exact) mass is 388 g/mol. The number of urea groups is 1. The van der Waals surface area contributed by atoms with E-state index in [0.717, 1.165) is 4.90 Å². The number of carbonyl (C=O) groups is 2. The summed E-state index contributed by atoms with van der Waals surface area (Å²) in [4.78, 5) is 24.8. The SMILES string of the molecule is CN(c1ccccc1)S(=O)(=O)c1cccc(NCC(=O)N2CCNC2=O)c1. The van der Waals surface area contributed by atoms with Crippen LogP contribution in [0.3, 0.4) is 0 Å². The second-order valence-electron chi connectivity index (χ2n) is 5.97. The molecule has 27 heavy (non-hydrogen) atoms. The van der Waals surface area contributed by atoms with Gasteiger partial charge in [-0.3, -0.25) is 14.0 Å². The molecule has 0 saturated carbocycles. The van der Waals surface area contributed by atoms with Crippen LogP contribution in [0.1, 0.15) is 0 Å². The lowest BCUT2D eigenvalue weighted by Gasteiger charge is -2.20. The van der Waals surface area contributed by atoms with Crippen molar-refractivity contribution in [1.29, 1.82) is 0 Å². The van der Waals surface area contributed by atoms with Crippen LogP contribution in [0, 0.1) is 0 Å². The number of nitrogens with zero attached hydrogens (tertiary/aromatic N) is 2. The standard InChI is InChI=1S/C18H20N4O4S/c1-21(15-7-3-2-4-8-15)27(25,26)16-9-5-6-14(12-16)20-13-17(23)22-11-10-19-18(22)24/h2-9,12,20H,10-11,13H2,1H3,(H,19,24). The highest BCUT2D eigenvalue weighted by molar-refractivity contribution is 7.92. The van der Waals surface area contributed by atoms with Crippen LogP contribution in [-0.4, -0.2) is 51.9 Å². The zero-order chi connectivity index (χ0) is 19.4. The van der Waals surface area contributed by atoms with Crippen LogP contribution < -0.4 is 14.9 Å². The number of sulfonamides is 1. The molecule has 1 saturated heterocycles. The van der Waals surface area contributed by atoms with E-state index >= 15 is 0 Å². The lowest BCUT2D eigenvalue weighted by atomic mass is 10.3. The average Bonchev–Trinajstić information content (AvgIpc) is 3.12. The van der Waals surface area contributed by atoms with Crippen molar-refractivity contribution < 1.29 is 18.0 Å². The van der Waals surface area contributed by atoms with Crippen LogP contribution in [0.2, 0.25) is 0 Å². The van der Waals surface area contributed by atoms with Gasteiger partial charge in [-0.1, -0.05) is 24.3 Å². The maximum absolute atomic E-state index is 12.8. The summed E-state index contributed by atoms with van der Waals surface area (Å²) in [7, 11) is -2.26. The molecule has 0 bridgehead atoms. The molecule has 2 aromatic carbocycles. The number of amides is 3. The molecule has 3 rings (SSSR count). The Morgan fingerprint density at radius 2 is 1.93 bits per heavy atom. The predicted octanol–water partition coefficient (Wildman–Crippen LogP) is 1.48. The van der Waals surface area contributed by atoms with E-state index in [1.54, 1.807) is 36.4 Å². The summed E-state index contributed by atoms with van der Waals surface area (Å²) in [5.74, 6) is -0.375. The Balaban J connectivity index is 1.73. The van der Waals surface area contributed by atoms with Gasteiger partial charge in [0.2, 0.25) is 5.91 Å². The van der Waals surface area contributed by atoms with E-state index in [0.29, 0.717) is 24.5 Å². The molecular formula is C18H20N4O4S. The van der Waals surface area contributed by atoms with Crippen LogP contribution in [0.15, 0.2) is 59.5 Å². The van der Waals surface area contributed by atoms with E-state index in [2.05, 4.69) is 10.6 Å². The summed E-state index contributed by atoms with van der Waals surface area (Å²) in [5, 5.41) is 5.44. The number of anilines is 2. The highest BCUT2D eigenvalue weighted by Gasteiger charge is 2.26. The predicted molar refractivity (Wildman–Crippen MR) is 102 cm³/mol. The lowest BCUT2D eigenvalue weighted by Crippen LogP contribution is -2.38. The van der Waals surface area contributed by atoms with Gasteiger partial charge >= 0.3 is 6.03 Å². The molecular weight excluding hydrogens is 368 g/mol. The maximum Gasteiger partial charge on any atom is 0.324 e. The first kappa shape index (κ1) is 18.7. The van der Waals surface area contributed by atoms with Gasteiger partial charge in [0.05, 0.1) is 17.1 Å². The summed E-state index contributed by atoms with van der Waals surface area (Å²) in [5.41, 5.74) is 1.02. The summed E-state index contributed by atoms with van der Waals surface area (Å²) in [6, 6.07) is 14.6. The minimum absolute atomic E-state index is 0.102. The van der Waals surface area contributed by atoms with E-state index in [1.807, 2.05) is 6.07 Å². The van der Waals surface area contributed by atoms with Gasteiger partial charge in [0.1, 0.15) is 0 Å². The molecule has 142 valence electrons. The van der Waals surface area contributed by atoms with Crippen LogP contribution >= 0.6 is 0 Å². The molecule has 0 unspecified atom stereocenters. The number of carbonyl (C=O) groups excluding carboxylic acids is 2. The highest BCUT2D eigenvalue weighted by Crippen LogP contribution is 2.23. The Hall–Kier alpha value is -3.07. The van der Waals surface area contributed by atoms with Crippen LogP contribution in [-0.2, 0) is 14.8 Å². The van der Waals surface area contributed by atoms with E-state index in [4.69, 9.17) is 0 Å². The smallest absolute Gasteiger partial charge is 0.324 e. The first-order chi connectivity index (χ1) is 12.9. The second-order valence-corrected chi connectivity index (χ2v) is 7.94. The largest absolute Gasteiger partial charge is 0.376 e. The molecule has 1 aliphatic heterocycles. The van der Waals surface area contributed by atoms with Crippen molar-refractivity contribution >= 4 is 33.3 Å². The highest BCUT2D eigenvalue weighted by atomic mass is 32.2. The summed E-state index contributed by atoms with van der Waals surface area (Å²) < 4.78 is 26.9. The quantitative estimate of drug-likeness (QED) is 0.781. The van der Waals surface area contributed by atoms with Gasteiger partial charge in [0.25, 0.3) is 10.0 Å². The average molecular weight is 388 g/mol. The molecule has 8 nitrogen and oxygen atoms in total. The van der Waals surface area contributed by atoms with Gasteiger partial charge < -0.3 is 10.6 Å². The van der Waals surface area contributed by atoms with Gasteiger partial charge in [-0.25, -0.2) is 13.2 Å². The van der Waals surface area contributed by atoms with Crippen molar-refractivity contribution in [3.63, 3.8) is 0 Å². The van der Waals surface area contributed by atoms with Crippen molar-refractivity contribution in [1.82, 2.24) is 10.2 Å². The van der Waals surface area contributed by atoms with E-state index in [1.165, 1.54) is 23.5 Å². The molecule has 0 radical (unpaired) electrons. The maximum atomic E-state index is 12.8. The molecule has 1 heterocycles. The Kier molecular flexibility index (Phi) is 5.31. The number of benzene rings is 2.